The predicted octanol–water partition coefficient (Wildman–Crippen LogP) is 4.14. The van der Waals surface area contributed by atoms with Crippen LogP contribution in [0.1, 0.15) is 5.56 Å². The monoisotopic (exact) mass is 292 g/mol. The Morgan fingerprint density at radius 2 is 1.67 bits per heavy atom. The molecule has 0 amide bonds. The van der Waals surface area contributed by atoms with Gasteiger partial charge in [0.15, 0.2) is 0 Å². The lowest BCUT2D eigenvalue weighted by Crippen LogP contribution is -2.03. The number of H-pyrrole nitrogens is 1. The Bertz CT molecular complexity index is 804. The quantitative estimate of drug-likeness (QED) is 0.466. The molecule has 0 atom stereocenters. The number of nitrogens with two attached hydrogens (primary N) is 1. The normalized spacial score (nSPS) is 12.0. The van der Waals surface area contributed by atoms with E-state index in [0.717, 1.165) is 17.5 Å². The summed E-state index contributed by atoms with van der Waals surface area (Å²) in [7, 11) is 0. The van der Waals surface area contributed by atoms with Gasteiger partial charge in [-0.15, -0.1) is 0 Å². The SMILES string of the molecule is Nc1c(O)ccc2cc(-c3ccc(C(F)(F)F)cc3)[nH]c12. The van der Waals surface area contributed by atoms with E-state index < -0.39 is 11.7 Å². The fourth-order valence-corrected chi connectivity index (χ4v) is 2.21. The minimum absolute atomic E-state index is 0.0386. The van der Waals surface area contributed by atoms with E-state index >= 15 is 0 Å². The maximum Gasteiger partial charge on any atom is 0.416 e. The maximum atomic E-state index is 12.5. The molecule has 0 aliphatic heterocycles. The van der Waals surface area contributed by atoms with Gasteiger partial charge in [-0.3, -0.25) is 0 Å². The van der Waals surface area contributed by atoms with Crippen LogP contribution < -0.4 is 5.73 Å². The summed E-state index contributed by atoms with van der Waals surface area (Å²) < 4.78 is 37.6. The molecule has 3 aromatic rings. The fourth-order valence-electron chi connectivity index (χ4n) is 2.21. The number of anilines is 1. The Morgan fingerprint density at radius 1 is 1.00 bits per heavy atom. The lowest BCUT2D eigenvalue weighted by atomic mass is 10.1. The predicted molar refractivity (Wildman–Crippen MR) is 74.8 cm³/mol. The van der Waals surface area contributed by atoms with Crippen molar-refractivity contribution in [1.29, 1.82) is 0 Å². The first-order chi connectivity index (χ1) is 9.86. The number of halogens is 3. The van der Waals surface area contributed by atoms with E-state index in [-0.39, 0.29) is 11.4 Å². The topological polar surface area (TPSA) is 62.0 Å². The van der Waals surface area contributed by atoms with Crippen molar-refractivity contribution in [3.63, 3.8) is 0 Å². The van der Waals surface area contributed by atoms with Crippen LogP contribution in [0.3, 0.4) is 0 Å². The van der Waals surface area contributed by atoms with Gasteiger partial charge in [-0.05, 0) is 35.9 Å². The Hall–Kier alpha value is -2.63. The highest BCUT2D eigenvalue weighted by Gasteiger charge is 2.30. The van der Waals surface area contributed by atoms with E-state index in [1.165, 1.54) is 18.2 Å². The van der Waals surface area contributed by atoms with E-state index in [1.807, 2.05) is 0 Å². The van der Waals surface area contributed by atoms with E-state index in [2.05, 4.69) is 4.98 Å². The van der Waals surface area contributed by atoms with Crippen molar-refractivity contribution in [1.82, 2.24) is 4.98 Å². The number of benzene rings is 2. The van der Waals surface area contributed by atoms with Crippen molar-refractivity contribution in [2.75, 3.05) is 5.73 Å². The highest BCUT2D eigenvalue weighted by Crippen LogP contribution is 2.34. The lowest BCUT2D eigenvalue weighted by molar-refractivity contribution is -0.137. The zero-order valence-electron chi connectivity index (χ0n) is 10.7. The average molecular weight is 292 g/mol. The molecule has 21 heavy (non-hydrogen) atoms. The number of rotatable bonds is 1. The summed E-state index contributed by atoms with van der Waals surface area (Å²) in [5.41, 5.74) is 7.08. The molecule has 0 radical (unpaired) electrons. The Labute approximate surface area is 117 Å². The molecule has 1 heterocycles. The number of nitrogens with one attached hydrogen (secondary N) is 1. The molecule has 0 saturated carbocycles. The summed E-state index contributed by atoms with van der Waals surface area (Å²) in [6.07, 6.45) is -4.35. The molecule has 1 aromatic heterocycles. The molecule has 4 N–H and O–H groups in total. The molecule has 3 rings (SSSR count). The highest BCUT2D eigenvalue weighted by atomic mass is 19.4. The molecule has 0 saturated heterocycles. The smallest absolute Gasteiger partial charge is 0.416 e. The minimum Gasteiger partial charge on any atom is -0.506 e. The molecule has 0 fully saturated rings. The molecule has 0 aliphatic carbocycles. The zero-order valence-corrected chi connectivity index (χ0v) is 10.7. The van der Waals surface area contributed by atoms with Crippen LogP contribution in [0.25, 0.3) is 22.2 Å². The summed E-state index contributed by atoms with van der Waals surface area (Å²) >= 11 is 0. The van der Waals surface area contributed by atoms with Crippen molar-refractivity contribution < 1.29 is 18.3 Å². The Morgan fingerprint density at radius 3 is 2.29 bits per heavy atom. The number of phenolic OH excluding ortho intramolecular Hbond substituents is 1. The summed E-state index contributed by atoms with van der Waals surface area (Å²) in [6.45, 7) is 0. The molecular weight excluding hydrogens is 281 g/mol. The second kappa shape index (κ2) is 4.44. The second-order valence-corrected chi connectivity index (χ2v) is 4.72. The first-order valence-corrected chi connectivity index (χ1v) is 6.14. The molecule has 2 aromatic carbocycles. The second-order valence-electron chi connectivity index (χ2n) is 4.72. The van der Waals surface area contributed by atoms with E-state index in [1.54, 1.807) is 12.1 Å². The van der Waals surface area contributed by atoms with Gasteiger partial charge in [0.1, 0.15) is 5.75 Å². The van der Waals surface area contributed by atoms with Gasteiger partial charge in [-0.1, -0.05) is 12.1 Å². The zero-order chi connectivity index (χ0) is 15.2. The molecular formula is C15H11F3N2O. The summed E-state index contributed by atoms with van der Waals surface area (Å²) in [5, 5.41) is 10.3. The summed E-state index contributed by atoms with van der Waals surface area (Å²) in [6, 6.07) is 9.78. The number of nitrogen functional groups attached to an aromatic ring is 1. The van der Waals surface area contributed by atoms with E-state index in [0.29, 0.717) is 16.8 Å². The van der Waals surface area contributed by atoms with Crippen molar-refractivity contribution >= 4 is 16.6 Å². The van der Waals surface area contributed by atoms with E-state index in [4.69, 9.17) is 5.73 Å². The number of alkyl halides is 3. The van der Waals surface area contributed by atoms with Gasteiger partial charge >= 0.3 is 6.18 Å². The van der Waals surface area contributed by atoms with Crippen LogP contribution in [0.4, 0.5) is 18.9 Å². The molecule has 0 aliphatic rings. The van der Waals surface area contributed by atoms with Gasteiger partial charge < -0.3 is 15.8 Å². The van der Waals surface area contributed by atoms with Crippen molar-refractivity contribution in [3.8, 4) is 17.0 Å². The number of hydrogen-bond donors (Lipinski definition) is 3. The van der Waals surface area contributed by atoms with Gasteiger partial charge in [-0.25, -0.2) is 0 Å². The number of aromatic hydroxyl groups is 1. The number of phenols is 1. The van der Waals surface area contributed by atoms with Crippen LogP contribution in [-0.4, -0.2) is 10.1 Å². The number of fused-ring (bicyclic) bond motifs is 1. The van der Waals surface area contributed by atoms with Gasteiger partial charge in [0, 0.05) is 11.1 Å². The Kier molecular flexibility index (Phi) is 2.83. The van der Waals surface area contributed by atoms with Crippen molar-refractivity contribution in [2.24, 2.45) is 0 Å². The number of hydrogen-bond acceptors (Lipinski definition) is 2. The van der Waals surface area contributed by atoms with Crippen LogP contribution in [0.2, 0.25) is 0 Å². The van der Waals surface area contributed by atoms with Crippen LogP contribution in [0.5, 0.6) is 5.75 Å². The summed E-state index contributed by atoms with van der Waals surface area (Å²) in [4.78, 5) is 3.01. The third-order valence-corrected chi connectivity index (χ3v) is 3.34. The van der Waals surface area contributed by atoms with Gasteiger partial charge in [0.25, 0.3) is 0 Å². The summed E-state index contributed by atoms with van der Waals surface area (Å²) in [5.74, 6) is -0.0386. The van der Waals surface area contributed by atoms with Gasteiger partial charge in [0.2, 0.25) is 0 Å². The van der Waals surface area contributed by atoms with Crippen molar-refractivity contribution in [3.05, 3.63) is 48.0 Å². The third-order valence-electron chi connectivity index (χ3n) is 3.34. The number of aromatic nitrogens is 1. The average Bonchev–Trinajstić information content (AvgIpc) is 2.87. The largest absolute Gasteiger partial charge is 0.506 e. The molecule has 0 spiro atoms. The molecule has 0 unspecified atom stereocenters. The standard InChI is InChI=1S/C15H11F3N2O/c16-15(17,18)10-4-1-8(2-5-10)11-7-9-3-6-12(21)13(19)14(9)20-11/h1-7,20-21H,19H2. The molecule has 6 heteroatoms. The van der Waals surface area contributed by atoms with Crippen molar-refractivity contribution in [2.45, 2.75) is 6.18 Å². The highest BCUT2D eigenvalue weighted by molar-refractivity contribution is 5.96. The third kappa shape index (κ3) is 2.29. The van der Waals surface area contributed by atoms with Crippen LogP contribution in [0.15, 0.2) is 42.5 Å². The Balaban J connectivity index is 2.06. The first kappa shape index (κ1) is 13.4. The van der Waals surface area contributed by atoms with Crippen LogP contribution in [0, 0.1) is 0 Å². The molecule has 0 bridgehead atoms. The van der Waals surface area contributed by atoms with Gasteiger partial charge in [0.05, 0.1) is 16.8 Å². The molecule has 108 valence electrons. The maximum absolute atomic E-state index is 12.5. The molecule has 3 nitrogen and oxygen atoms in total. The first-order valence-electron chi connectivity index (χ1n) is 6.14. The van der Waals surface area contributed by atoms with Crippen LogP contribution in [-0.2, 0) is 6.18 Å². The number of aromatic amines is 1. The van der Waals surface area contributed by atoms with E-state index in [9.17, 15) is 18.3 Å². The minimum atomic E-state index is -4.35. The lowest BCUT2D eigenvalue weighted by Gasteiger charge is -2.06. The fraction of sp³-hybridized carbons (Fsp3) is 0.0667. The van der Waals surface area contributed by atoms with Gasteiger partial charge in [-0.2, -0.15) is 13.2 Å². The van der Waals surface area contributed by atoms with Crippen LogP contribution >= 0.6 is 0 Å².